The predicted octanol–water partition coefficient (Wildman–Crippen LogP) is 4.49. The number of hydrogen-bond donors (Lipinski definition) is 1. The highest BCUT2D eigenvalue weighted by Crippen LogP contribution is 2.18. The van der Waals surface area contributed by atoms with Crippen molar-refractivity contribution in [1.82, 2.24) is 5.32 Å². The Balaban J connectivity index is 2.09. The fourth-order valence-corrected chi connectivity index (χ4v) is 2.70. The van der Waals surface area contributed by atoms with Crippen LogP contribution in [0.2, 0.25) is 0 Å². The molecule has 112 valence electrons. The lowest BCUT2D eigenvalue weighted by Gasteiger charge is -2.18. The summed E-state index contributed by atoms with van der Waals surface area (Å²) in [6.07, 6.45) is 1.34. The molecule has 21 heavy (non-hydrogen) atoms. The summed E-state index contributed by atoms with van der Waals surface area (Å²) >= 11 is 3.26. The predicted molar refractivity (Wildman–Crippen MR) is 85.4 cm³/mol. The molecule has 1 N–H and O–H groups in total. The molecular weight excluding hydrogens is 336 g/mol. The van der Waals surface area contributed by atoms with Crippen molar-refractivity contribution in [3.05, 3.63) is 69.7 Å². The smallest absolute Gasteiger partial charge is 0.127 e. The Morgan fingerprint density at radius 2 is 1.76 bits per heavy atom. The summed E-state index contributed by atoms with van der Waals surface area (Å²) in [4.78, 5) is 0. The molecule has 1 unspecified atom stereocenters. The van der Waals surface area contributed by atoms with Gasteiger partial charge in [-0.25, -0.2) is 8.78 Å². The Labute approximate surface area is 132 Å². The molecule has 2 rings (SSSR count). The summed E-state index contributed by atoms with van der Waals surface area (Å²) in [5.74, 6) is -0.441. The molecule has 0 aliphatic heterocycles. The van der Waals surface area contributed by atoms with E-state index in [1.165, 1.54) is 18.2 Å². The maximum absolute atomic E-state index is 13.9. The molecule has 0 aromatic heterocycles. The van der Waals surface area contributed by atoms with E-state index in [0.717, 1.165) is 23.0 Å². The molecule has 0 amide bonds. The second-order valence-corrected chi connectivity index (χ2v) is 5.94. The quantitative estimate of drug-likeness (QED) is 0.806. The highest BCUT2D eigenvalue weighted by Gasteiger charge is 2.12. The van der Waals surface area contributed by atoms with Gasteiger partial charge in [0.2, 0.25) is 0 Å². The molecule has 0 saturated heterocycles. The zero-order chi connectivity index (χ0) is 15.2. The summed E-state index contributed by atoms with van der Waals surface area (Å²) in [5, 5.41) is 3.36. The lowest BCUT2D eigenvalue weighted by Crippen LogP contribution is -2.33. The third-order valence-corrected chi connectivity index (χ3v) is 3.86. The molecule has 1 nitrogen and oxygen atoms in total. The van der Waals surface area contributed by atoms with Gasteiger partial charge in [-0.15, -0.1) is 0 Å². The fourth-order valence-electron chi connectivity index (χ4n) is 2.36. The van der Waals surface area contributed by atoms with Crippen molar-refractivity contribution in [3.8, 4) is 0 Å². The van der Waals surface area contributed by atoms with Crippen LogP contribution in [0.4, 0.5) is 8.78 Å². The Hall–Kier alpha value is -1.26. The van der Waals surface area contributed by atoms with E-state index < -0.39 is 0 Å². The number of benzene rings is 2. The molecule has 2 aromatic carbocycles. The van der Waals surface area contributed by atoms with Gasteiger partial charge in [0.25, 0.3) is 0 Å². The topological polar surface area (TPSA) is 12.0 Å². The SMILES string of the molecule is CCNC(Cc1ccc(F)cc1)Cc1ccc(Br)cc1F. The van der Waals surface area contributed by atoms with Crippen molar-refractivity contribution in [2.45, 2.75) is 25.8 Å². The van der Waals surface area contributed by atoms with Gasteiger partial charge in [0.15, 0.2) is 0 Å². The van der Waals surface area contributed by atoms with E-state index in [2.05, 4.69) is 21.2 Å². The van der Waals surface area contributed by atoms with Crippen LogP contribution < -0.4 is 5.32 Å². The number of likely N-dealkylation sites (N-methyl/N-ethyl adjacent to an activating group) is 1. The molecular formula is C17H18BrF2N. The van der Waals surface area contributed by atoms with E-state index in [1.807, 2.05) is 13.0 Å². The molecule has 0 bridgehead atoms. The molecule has 2 aromatic rings. The van der Waals surface area contributed by atoms with Crippen LogP contribution in [-0.2, 0) is 12.8 Å². The third kappa shape index (κ3) is 4.90. The lowest BCUT2D eigenvalue weighted by atomic mass is 9.98. The van der Waals surface area contributed by atoms with Gasteiger partial charge >= 0.3 is 0 Å². The third-order valence-electron chi connectivity index (χ3n) is 3.37. The molecule has 0 saturated carbocycles. The van der Waals surface area contributed by atoms with Crippen molar-refractivity contribution in [1.29, 1.82) is 0 Å². The molecule has 0 radical (unpaired) electrons. The second kappa shape index (κ2) is 7.66. The molecule has 0 aliphatic carbocycles. The summed E-state index contributed by atoms with van der Waals surface area (Å²) < 4.78 is 27.6. The van der Waals surface area contributed by atoms with E-state index in [-0.39, 0.29) is 17.7 Å². The Bertz CT molecular complexity index is 584. The number of hydrogen-bond acceptors (Lipinski definition) is 1. The molecule has 0 fully saturated rings. The van der Waals surface area contributed by atoms with E-state index in [9.17, 15) is 8.78 Å². The van der Waals surface area contributed by atoms with Crippen LogP contribution in [0.1, 0.15) is 18.1 Å². The minimum atomic E-state index is -0.238. The van der Waals surface area contributed by atoms with Gasteiger partial charge in [0.05, 0.1) is 0 Å². The van der Waals surface area contributed by atoms with Gasteiger partial charge in [-0.3, -0.25) is 0 Å². The monoisotopic (exact) mass is 353 g/mol. The first-order valence-electron chi connectivity index (χ1n) is 7.00. The Kier molecular flexibility index (Phi) is 5.88. The van der Waals surface area contributed by atoms with Crippen molar-refractivity contribution in [2.75, 3.05) is 6.54 Å². The van der Waals surface area contributed by atoms with Gasteiger partial charge in [-0.05, 0) is 54.8 Å². The van der Waals surface area contributed by atoms with Crippen LogP contribution in [0.3, 0.4) is 0 Å². The second-order valence-electron chi connectivity index (χ2n) is 5.03. The van der Waals surface area contributed by atoms with Crippen LogP contribution in [0, 0.1) is 11.6 Å². The highest BCUT2D eigenvalue weighted by molar-refractivity contribution is 9.10. The maximum atomic E-state index is 13.9. The van der Waals surface area contributed by atoms with Gasteiger partial charge < -0.3 is 5.32 Å². The fraction of sp³-hybridized carbons (Fsp3) is 0.294. The zero-order valence-corrected chi connectivity index (χ0v) is 13.5. The Morgan fingerprint density at radius 3 is 2.38 bits per heavy atom. The minimum Gasteiger partial charge on any atom is -0.314 e. The van der Waals surface area contributed by atoms with Crippen LogP contribution >= 0.6 is 15.9 Å². The van der Waals surface area contributed by atoms with Crippen molar-refractivity contribution in [2.24, 2.45) is 0 Å². The van der Waals surface area contributed by atoms with Crippen molar-refractivity contribution in [3.63, 3.8) is 0 Å². The first-order valence-corrected chi connectivity index (χ1v) is 7.79. The normalized spacial score (nSPS) is 12.4. The first-order chi connectivity index (χ1) is 10.1. The van der Waals surface area contributed by atoms with Gasteiger partial charge in [0, 0.05) is 10.5 Å². The lowest BCUT2D eigenvalue weighted by molar-refractivity contribution is 0.505. The minimum absolute atomic E-state index is 0.121. The van der Waals surface area contributed by atoms with Crippen LogP contribution in [0.25, 0.3) is 0 Å². The van der Waals surface area contributed by atoms with Gasteiger partial charge in [0.1, 0.15) is 11.6 Å². The average molecular weight is 354 g/mol. The summed E-state index contributed by atoms with van der Waals surface area (Å²) in [5.41, 5.74) is 1.73. The molecule has 0 spiro atoms. The first kappa shape index (κ1) is 16.1. The summed E-state index contributed by atoms with van der Waals surface area (Å²) in [6, 6.07) is 11.7. The standard InChI is InChI=1S/C17H18BrF2N/c1-2-21-16(9-12-3-7-15(19)8-4-12)10-13-5-6-14(18)11-17(13)20/h3-8,11,16,21H,2,9-10H2,1H3. The van der Waals surface area contributed by atoms with E-state index in [1.54, 1.807) is 18.2 Å². The Morgan fingerprint density at radius 1 is 1.05 bits per heavy atom. The van der Waals surface area contributed by atoms with Crippen molar-refractivity contribution >= 4 is 15.9 Å². The van der Waals surface area contributed by atoms with Crippen LogP contribution in [0.15, 0.2) is 46.9 Å². The molecule has 0 heterocycles. The van der Waals surface area contributed by atoms with E-state index in [4.69, 9.17) is 0 Å². The largest absolute Gasteiger partial charge is 0.314 e. The zero-order valence-electron chi connectivity index (χ0n) is 11.9. The van der Waals surface area contributed by atoms with Crippen molar-refractivity contribution < 1.29 is 8.78 Å². The number of rotatable bonds is 6. The average Bonchev–Trinajstić information content (AvgIpc) is 2.44. The van der Waals surface area contributed by atoms with E-state index >= 15 is 0 Å². The maximum Gasteiger partial charge on any atom is 0.127 e. The van der Waals surface area contributed by atoms with Gasteiger partial charge in [-0.2, -0.15) is 0 Å². The summed E-state index contributed by atoms with van der Waals surface area (Å²) in [6.45, 7) is 2.83. The molecule has 1 atom stereocenters. The van der Waals surface area contributed by atoms with E-state index in [0.29, 0.717) is 12.0 Å². The van der Waals surface area contributed by atoms with Gasteiger partial charge in [-0.1, -0.05) is 41.1 Å². The van der Waals surface area contributed by atoms with Crippen LogP contribution in [0.5, 0.6) is 0 Å². The highest BCUT2D eigenvalue weighted by atomic mass is 79.9. The number of nitrogens with one attached hydrogen (secondary N) is 1. The number of halogens is 3. The molecule has 4 heteroatoms. The molecule has 0 aliphatic rings. The van der Waals surface area contributed by atoms with Crippen LogP contribution in [-0.4, -0.2) is 12.6 Å². The summed E-state index contributed by atoms with van der Waals surface area (Å²) in [7, 11) is 0.